The van der Waals surface area contributed by atoms with Gasteiger partial charge in [0.15, 0.2) is 0 Å². The minimum absolute atomic E-state index is 0.0979. The highest BCUT2D eigenvalue weighted by molar-refractivity contribution is 5.76. The van der Waals surface area contributed by atoms with Crippen molar-refractivity contribution in [2.45, 2.75) is 18.9 Å². The molecule has 0 aromatic carbocycles. The van der Waals surface area contributed by atoms with Gasteiger partial charge in [0.2, 0.25) is 5.91 Å². The van der Waals surface area contributed by atoms with E-state index in [4.69, 9.17) is 4.74 Å². The molecule has 1 atom stereocenters. The molecule has 6 nitrogen and oxygen atoms in total. The molecule has 0 aliphatic carbocycles. The van der Waals surface area contributed by atoms with E-state index in [9.17, 15) is 9.59 Å². The van der Waals surface area contributed by atoms with Crippen molar-refractivity contribution in [3.63, 3.8) is 0 Å². The fourth-order valence-corrected chi connectivity index (χ4v) is 1.12. The van der Waals surface area contributed by atoms with Crippen molar-refractivity contribution in [1.29, 1.82) is 0 Å². The first kappa shape index (κ1) is 10.9. The number of carbonyl (C=O) groups is 2. The number of nitrogens with one attached hydrogen (secondary N) is 2. The van der Waals surface area contributed by atoms with Crippen molar-refractivity contribution in [1.82, 2.24) is 10.9 Å². The van der Waals surface area contributed by atoms with Crippen LogP contribution in [0.1, 0.15) is 12.8 Å². The van der Waals surface area contributed by atoms with Gasteiger partial charge in [-0.2, -0.15) is 0 Å². The van der Waals surface area contributed by atoms with Crippen molar-refractivity contribution >= 4 is 11.9 Å². The molecule has 1 aliphatic rings. The van der Waals surface area contributed by atoms with Crippen molar-refractivity contribution < 1.29 is 19.1 Å². The maximum atomic E-state index is 10.9. The second kappa shape index (κ2) is 5.56. The molecular weight excluding hydrogens is 188 g/mol. The molecule has 1 fully saturated rings. The Balaban J connectivity index is 2.11. The van der Waals surface area contributed by atoms with Gasteiger partial charge in [0, 0.05) is 6.54 Å². The third-order valence-electron chi connectivity index (χ3n) is 1.86. The maximum absolute atomic E-state index is 10.9. The number of amides is 1. The average molecular weight is 202 g/mol. The predicted octanol–water partition coefficient (Wildman–Crippen LogP) is -1.04. The third-order valence-corrected chi connectivity index (χ3v) is 1.86. The van der Waals surface area contributed by atoms with E-state index >= 15 is 0 Å². The van der Waals surface area contributed by atoms with E-state index in [-0.39, 0.29) is 31.0 Å². The Bertz CT molecular complexity index is 219. The molecule has 0 aromatic rings. The number of hydrazine groups is 1. The lowest BCUT2D eigenvalue weighted by molar-refractivity contribution is -0.142. The second-order valence-corrected chi connectivity index (χ2v) is 2.95. The summed E-state index contributed by atoms with van der Waals surface area (Å²) in [6.07, 6.45) is 0.386. The van der Waals surface area contributed by atoms with E-state index < -0.39 is 0 Å². The molecule has 6 heteroatoms. The Hall–Kier alpha value is -1.14. The molecule has 1 unspecified atom stereocenters. The Morgan fingerprint density at radius 1 is 1.64 bits per heavy atom. The van der Waals surface area contributed by atoms with Gasteiger partial charge in [0.1, 0.15) is 0 Å². The van der Waals surface area contributed by atoms with Gasteiger partial charge in [0.05, 0.1) is 32.7 Å². The average Bonchev–Trinajstić information content (AvgIpc) is 2.17. The van der Waals surface area contributed by atoms with Crippen LogP contribution >= 0.6 is 0 Å². The molecule has 0 spiro atoms. The van der Waals surface area contributed by atoms with Crippen LogP contribution in [0.15, 0.2) is 0 Å². The molecule has 14 heavy (non-hydrogen) atoms. The number of carbonyl (C=O) groups excluding carboxylic acids is 2. The van der Waals surface area contributed by atoms with Gasteiger partial charge in [-0.1, -0.05) is 0 Å². The SMILES string of the molecule is COC(=O)CCOC1CNNC(=O)C1. The summed E-state index contributed by atoms with van der Waals surface area (Å²) in [5.74, 6) is -0.405. The molecular formula is C8H14N2O4. The summed E-state index contributed by atoms with van der Waals surface area (Å²) in [4.78, 5) is 21.6. The molecule has 2 N–H and O–H groups in total. The topological polar surface area (TPSA) is 76.7 Å². The Labute approximate surface area is 81.9 Å². The summed E-state index contributed by atoms with van der Waals surface area (Å²) < 4.78 is 9.75. The zero-order valence-electron chi connectivity index (χ0n) is 8.04. The summed E-state index contributed by atoms with van der Waals surface area (Å²) >= 11 is 0. The lowest BCUT2D eigenvalue weighted by atomic mass is 10.2. The van der Waals surface area contributed by atoms with E-state index in [0.717, 1.165) is 0 Å². The highest BCUT2D eigenvalue weighted by atomic mass is 16.5. The largest absolute Gasteiger partial charge is 0.469 e. The Morgan fingerprint density at radius 3 is 3.07 bits per heavy atom. The number of hydrogen-bond acceptors (Lipinski definition) is 5. The highest BCUT2D eigenvalue weighted by Crippen LogP contribution is 2.01. The van der Waals surface area contributed by atoms with Gasteiger partial charge in [-0.05, 0) is 0 Å². The lowest BCUT2D eigenvalue weighted by Crippen LogP contribution is -2.50. The summed E-state index contributed by atoms with van der Waals surface area (Å²) in [6.45, 7) is 0.846. The third kappa shape index (κ3) is 3.71. The van der Waals surface area contributed by atoms with E-state index in [1.165, 1.54) is 7.11 Å². The first-order valence-corrected chi connectivity index (χ1v) is 4.42. The van der Waals surface area contributed by atoms with Crippen molar-refractivity contribution in [2.24, 2.45) is 0 Å². The van der Waals surface area contributed by atoms with Crippen LogP contribution in [0.25, 0.3) is 0 Å². The van der Waals surface area contributed by atoms with Gasteiger partial charge >= 0.3 is 5.97 Å². The van der Waals surface area contributed by atoms with E-state index in [2.05, 4.69) is 15.6 Å². The monoisotopic (exact) mass is 202 g/mol. The predicted molar refractivity (Wildman–Crippen MR) is 47.1 cm³/mol. The van der Waals surface area contributed by atoms with Gasteiger partial charge in [-0.25, -0.2) is 5.43 Å². The van der Waals surface area contributed by atoms with E-state index in [1.807, 2.05) is 0 Å². The minimum Gasteiger partial charge on any atom is -0.469 e. The zero-order valence-corrected chi connectivity index (χ0v) is 8.04. The number of methoxy groups -OCH3 is 1. The van der Waals surface area contributed by atoms with Crippen LogP contribution in [0.4, 0.5) is 0 Å². The number of hydrogen-bond donors (Lipinski definition) is 2. The minimum atomic E-state index is -0.307. The van der Waals surface area contributed by atoms with Gasteiger partial charge in [-0.3, -0.25) is 15.0 Å². The summed E-state index contributed by atoms with van der Waals surface area (Å²) in [7, 11) is 1.33. The van der Waals surface area contributed by atoms with Crippen LogP contribution < -0.4 is 10.9 Å². The van der Waals surface area contributed by atoms with Crippen LogP contribution in [-0.4, -0.2) is 38.2 Å². The number of ether oxygens (including phenoxy) is 2. The summed E-state index contributed by atoms with van der Waals surface area (Å²) in [5.41, 5.74) is 5.16. The molecule has 1 amide bonds. The fraction of sp³-hybridized carbons (Fsp3) is 0.750. The normalized spacial score (nSPS) is 21.5. The second-order valence-electron chi connectivity index (χ2n) is 2.95. The van der Waals surface area contributed by atoms with Crippen LogP contribution in [-0.2, 0) is 19.1 Å². The standard InChI is InChI=1S/C8H14N2O4/c1-13-8(12)2-3-14-6-4-7(11)10-9-5-6/h6,9H,2-5H2,1H3,(H,10,11). The van der Waals surface area contributed by atoms with Crippen LogP contribution in [0, 0.1) is 0 Å². The van der Waals surface area contributed by atoms with E-state index in [1.54, 1.807) is 0 Å². The number of rotatable bonds is 4. The van der Waals surface area contributed by atoms with Crippen molar-refractivity contribution in [2.75, 3.05) is 20.3 Å². The fourth-order valence-electron chi connectivity index (χ4n) is 1.12. The molecule has 1 aliphatic heterocycles. The smallest absolute Gasteiger partial charge is 0.307 e. The van der Waals surface area contributed by atoms with Gasteiger partial charge in [0.25, 0.3) is 0 Å². The van der Waals surface area contributed by atoms with Gasteiger partial charge in [-0.15, -0.1) is 0 Å². The lowest BCUT2D eigenvalue weighted by Gasteiger charge is -2.22. The molecule has 0 radical (unpaired) electrons. The first-order valence-electron chi connectivity index (χ1n) is 4.42. The summed E-state index contributed by atoms with van der Waals surface area (Å²) in [5, 5.41) is 0. The molecule has 0 saturated carbocycles. The van der Waals surface area contributed by atoms with Crippen molar-refractivity contribution in [3.8, 4) is 0 Å². The van der Waals surface area contributed by atoms with Crippen LogP contribution in [0.5, 0.6) is 0 Å². The van der Waals surface area contributed by atoms with Gasteiger partial charge < -0.3 is 9.47 Å². The highest BCUT2D eigenvalue weighted by Gasteiger charge is 2.19. The van der Waals surface area contributed by atoms with Crippen LogP contribution in [0.2, 0.25) is 0 Å². The Kier molecular flexibility index (Phi) is 4.34. The molecule has 0 bridgehead atoms. The van der Waals surface area contributed by atoms with Crippen molar-refractivity contribution in [3.05, 3.63) is 0 Å². The van der Waals surface area contributed by atoms with Crippen LogP contribution in [0.3, 0.4) is 0 Å². The quantitative estimate of drug-likeness (QED) is 0.569. The number of esters is 1. The zero-order chi connectivity index (χ0) is 10.4. The van der Waals surface area contributed by atoms with E-state index in [0.29, 0.717) is 13.0 Å². The first-order chi connectivity index (χ1) is 6.72. The molecule has 1 rings (SSSR count). The maximum Gasteiger partial charge on any atom is 0.307 e. The summed E-state index contributed by atoms with van der Waals surface area (Å²) in [6, 6.07) is 0. The molecule has 1 heterocycles. The molecule has 0 aromatic heterocycles. The molecule has 1 saturated heterocycles. The molecule has 80 valence electrons. The Morgan fingerprint density at radius 2 is 2.43 bits per heavy atom.